The third-order valence-corrected chi connectivity index (χ3v) is 14.2. The summed E-state index contributed by atoms with van der Waals surface area (Å²) in [5.74, 6) is -2.13. The van der Waals surface area contributed by atoms with E-state index >= 15 is 0 Å². The van der Waals surface area contributed by atoms with Crippen molar-refractivity contribution in [3.05, 3.63) is 188 Å². The summed E-state index contributed by atoms with van der Waals surface area (Å²) in [4.78, 5) is 49.2. The van der Waals surface area contributed by atoms with Gasteiger partial charge in [0.15, 0.2) is 0 Å². The average Bonchev–Trinajstić information content (AvgIpc) is 4.07. The molecule has 15 nitrogen and oxygen atoms in total. The number of benzene rings is 6. The number of fused-ring (bicyclic) bond motifs is 4. The number of aryl methyl sites for hydroxylation is 4. The molecule has 8 aromatic rings. The van der Waals surface area contributed by atoms with Gasteiger partial charge in [-0.1, -0.05) is 134 Å². The third-order valence-electron chi connectivity index (χ3n) is 14.2. The molecule has 0 spiro atoms. The summed E-state index contributed by atoms with van der Waals surface area (Å²) >= 11 is 0. The second-order valence-electron chi connectivity index (χ2n) is 18.9. The predicted molar refractivity (Wildman–Crippen MR) is 297 cm³/mol. The van der Waals surface area contributed by atoms with Crippen LogP contribution in [0, 0.1) is 13.8 Å². The first-order valence-electron chi connectivity index (χ1n) is 25.3. The Bertz CT molecular complexity index is 3280. The number of carbonyl (C=O) groups excluding carboxylic acids is 2. The molecule has 0 aliphatic carbocycles. The Morgan fingerprint density at radius 2 is 1.13 bits per heavy atom. The van der Waals surface area contributed by atoms with Gasteiger partial charge in [-0.2, -0.15) is 0 Å². The van der Waals surface area contributed by atoms with E-state index in [1.165, 1.54) is 23.8 Å². The molecule has 2 aliphatic rings. The highest BCUT2D eigenvalue weighted by molar-refractivity contribution is 5.82. The van der Waals surface area contributed by atoms with E-state index in [4.69, 9.17) is 9.84 Å². The number of carboxylic acid groups (broad SMARTS) is 2. The summed E-state index contributed by atoms with van der Waals surface area (Å²) in [5.41, 5.74) is 16.7. The molecule has 0 saturated heterocycles. The van der Waals surface area contributed by atoms with Crippen molar-refractivity contribution in [2.75, 3.05) is 20.2 Å². The van der Waals surface area contributed by atoms with Crippen molar-refractivity contribution in [1.29, 1.82) is 0 Å². The average molecular weight is 1030 g/mol. The SMILES string of the molecule is C.C.CCn1nnc2c(C)c(C(CC(=O)O)c3ccc4c(c3)CN(C(=O)Cc3ccccc3)CC4)ccc21.CCn1nnc2c(C)c(C(CC(=O)OC)c3ccc4c(c3)CNCC4)ccc21.O=C(O)Cc1ccccc1. The van der Waals surface area contributed by atoms with E-state index in [9.17, 15) is 24.3 Å². The van der Waals surface area contributed by atoms with Gasteiger partial charge >= 0.3 is 17.9 Å². The quantitative estimate of drug-likeness (QED) is 0.0874. The second-order valence-corrected chi connectivity index (χ2v) is 18.9. The van der Waals surface area contributed by atoms with Crippen LogP contribution in [0.2, 0.25) is 0 Å². The molecule has 4 heterocycles. The van der Waals surface area contributed by atoms with Gasteiger partial charge in [-0.15, -0.1) is 10.2 Å². The molecule has 10 rings (SSSR count). The first-order valence-corrected chi connectivity index (χ1v) is 25.3. The molecule has 6 aromatic carbocycles. The Kier molecular flexibility index (Phi) is 19.9. The molecule has 2 aliphatic heterocycles. The van der Waals surface area contributed by atoms with Crippen LogP contribution in [0.3, 0.4) is 0 Å². The van der Waals surface area contributed by atoms with Gasteiger partial charge in [0.25, 0.3) is 0 Å². The van der Waals surface area contributed by atoms with Gasteiger partial charge in [0.05, 0.1) is 43.8 Å². The Labute approximate surface area is 445 Å². The van der Waals surface area contributed by atoms with E-state index < -0.39 is 11.9 Å². The smallest absolute Gasteiger partial charge is 0.307 e. The minimum atomic E-state index is -0.853. The zero-order chi connectivity index (χ0) is 52.3. The summed E-state index contributed by atoms with van der Waals surface area (Å²) < 4.78 is 8.74. The van der Waals surface area contributed by atoms with Crippen molar-refractivity contribution in [1.82, 2.24) is 40.2 Å². The number of carboxylic acids is 2. The number of esters is 1. The van der Waals surface area contributed by atoms with Gasteiger partial charge < -0.3 is 25.2 Å². The van der Waals surface area contributed by atoms with Crippen molar-refractivity contribution in [3.63, 3.8) is 0 Å². The van der Waals surface area contributed by atoms with Crippen LogP contribution in [-0.4, -0.2) is 89.1 Å². The summed E-state index contributed by atoms with van der Waals surface area (Å²) in [6, 6.07) is 39.9. The number of aliphatic carboxylic acids is 2. The normalized spacial score (nSPS) is 13.2. The van der Waals surface area contributed by atoms with Crippen molar-refractivity contribution >= 4 is 45.9 Å². The standard InChI is InChI=1S/C29H30N4O3.C22H26N4O2.C8H8O2.2CH4/c1-3-33-26-12-11-24(19(2)29(26)30-31-33)25(17-28(35)36)22-10-9-21-13-14-32(18-23(21)16-22)27(34)15-20-7-5-4-6-8-20;1-4-26-20-8-7-18(14(2)22(20)24-25-26)19(12-21(27)28-3)16-6-5-15-9-10-23-13-17(15)11-16;9-8(10)6-7-4-2-1-3-5-7;;/h4-12,16,25H,3,13-15,17-18H2,1-2H3,(H,35,36);5-8,11,19,23H,4,9-10,12-13H2,1-3H3;1-5H,6H2,(H,9,10);2*1H4. The Balaban J connectivity index is 0.000000208. The molecule has 15 heteroatoms. The Hall–Kier alpha value is -8.04. The van der Waals surface area contributed by atoms with Gasteiger partial charge in [0, 0.05) is 44.6 Å². The first kappa shape index (κ1) is 57.2. The number of nitrogens with one attached hydrogen (secondary N) is 1. The van der Waals surface area contributed by atoms with Gasteiger partial charge in [-0.25, -0.2) is 9.36 Å². The van der Waals surface area contributed by atoms with E-state index in [1.807, 2.05) is 94.8 Å². The number of methoxy groups -OCH3 is 1. The first-order chi connectivity index (χ1) is 35.8. The van der Waals surface area contributed by atoms with Crippen molar-refractivity contribution in [3.8, 4) is 0 Å². The molecule has 0 radical (unpaired) electrons. The van der Waals surface area contributed by atoms with Crippen LogP contribution in [0.25, 0.3) is 22.1 Å². The molecule has 1 amide bonds. The third kappa shape index (κ3) is 13.4. The number of hydrogen-bond donors (Lipinski definition) is 3. The molecular weight excluding hydrogens is 957 g/mol. The highest BCUT2D eigenvalue weighted by Crippen LogP contribution is 2.37. The number of nitrogens with zero attached hydrogens (tertiary/aromatic N) is 7. The molecule has 2 aromatic heterocycles. The van der Waals surface area contributed by atoms with Gasteiger partial charge in [-0.05, 0) is 126 Å². The molecule has 76 heavy (non-hydrogen) atoms. The molecule has 2 unspecified atom stereocenters. The summed E-state index contributed by atoms with van der Waals surface area (Å²) in [5, 5.41) is 38.8. The van der Waals surface area contributed by atoms with Crippen LogP contribution in [0.15, 0.2) is 121 Å². The fraction of sp³-hybridized carbons (Fsp3) is 0.344. The summed E-state index contributed by atoms with van der Waals surface area (Å²) in [6.07, 6.45) is 2.61. The highest BCUT2D eigenvalue weighted by atomic mass is 16.5. The van der Waals surface area contributed by atoms with Gasteiger partial charge in [0.2, 0.25) is 5.91 Å². The maximum atomic E-state index is 13.0. The van der Waals surface area contributed by atoms with Crippen LogP contribution in [0.1, 0.15) is 120 Å². The lowest BCUT2D eigenvalue weighted by Gasteiger charge is -2.30. The lowest BCUT2D eigenvalue weighted by Crippen LogP contribution is -2.37. The Morgan fingerprint density at radius 3 is 1.64 bits per heavy atom. The van der Waals surface area contributed by atoms with Crippen molar-refractivity contribution in [2.24, 2.45) is 0 Å². The van der Waals surface area contributed by atoms with E-state index in [1.54, 1.807) is 12.1 Å². The van der Waals surface area contributed by atoms with Crippen molar-refractivity contribution < 1.29 is 34.1 Å². The molecule has 398 valence electrons. The Morgan fingerprint density at radius 1 is 0.618 bits per heavy atom. The van der Waals surface area contributed by atoms with E-state index in [0.717, 1.165) is 111 Å². The van der Waals surface area contributed by atoms with Crippen LogP contribution in [0.5, 0.6) is 0 Å². The van der Waals surface area contributed by atoms with E-state index in [0.29, 0.717) is 25.9 Å². The molecule has 2 atom stereocenters. The minimum absolute atomic E-state index is 0. The summed E-state index contributed by atoms with van der Waals surface area (Å²) in [7, 11) is 1.44. The van der Waals surface area contributed by atoms with Crippen LogP contribution in [0.4, 0.5) is 0 Å². The second kappa shape index (κ2) is 26.4. The number of amides is 1. The van der Waals surface area contributed by atoms with Crippen LogP contribution < -0.4 is 5.32 Å². The van der Waals surface area contributed by atoms with E-state index in [-0.39, 0.29) is 51.4 Å². The molecule has 0 fully saturated rings. The fourth-order valence-electron chi connectivity index (χ4n) is 10.2. The van der Waals surface area contributed by atoms with Gasteiger partial charge in [-0.3, -0.25) is 19.2 Å². The monoisotopic (exact) mass is 1030 g/mol. The summed E-state index contributed by atoms with van der Waals surface area (Å²) in [6.45, 7) is 12.7. The number of rotatable bonds is 14. The number of aromatic nitrogens is 6. The van der Waals surface area contributed by atoms with E-state index in [2.05, 4.69) is 82.3 Å². The topological polar surface area (TPSA) is 195 Å². The number of ether oxygens (including phenoxy) is 1. The highest BCUT2D eigenvalue weighted by Gasteiger charge is 2.27. The van der Waals surface area contributed by atoms with Crippen LogP contribution in [-0.2, 0) is 75.8 Å². The molecular formula is C61H72N8O7. The lowest BCUT2D eigenvalue weighted by molar-refractivity contribution is -0.141. The van der Waals surface area contributed by atoms with Gasteiger partial charge in [0.1, 0.15) is 11.0 Å². The zero-order valence-corrected chi connectivity index (χ0v) is 42.8. The largest absolute Gasteiger partial charge is 0.481 e. The molecule has 3 N–H and O–H groups in total. The lowest BCUT2D eigenvalue weighted by atomic mass is 9.83. The zero-order valence-electron chi connectivity index (χ0n) is 42.8. The van der Waals surface area contributed by atoms with Crippen molar-refractivity contribution in [2.45, 2.75) is 119 Å². The maximum Gasteiger partial charge on any atom is 0.307 e. The number of hydrogen-bond acceptors (Lipinski definition) is 10. The maximum absolute atomic E-state index is 13.0. The predicted octanol–water partition coefficient (Wildman–Crippen LogP) is 10.2. The minimum Gasteiger partial charge on any atom is -0.481 e. The molecule has 0 bridgehead atoms. The molecule has 0 saturated carbocycles. The fourth-order valence-corrected chi connectivity index (χ4v) is 10.2. The number of carbonyl (C=O) groups is 4. The van der Waals surface area contributed by atoms with Crippen LogP contribution >= 0.6 is 0 Å².